The van der Waals surface area contributed by atoms with E-state index in [2.05, 4.69) is 21.7 Å². The molecule has 5 heteroatoms. The molecule has 0 fully saturated rings. The SMILES string of the molecule is N#Cc1ccc(C(=O)Nc2cccc3c2CCNC3)nc1. The lowest BCUT2D eigenvalue weighted by Gasteiger charge is -2.20. The van der Waals surface area contributed by atoms with E-state index in [1.54, 1.807) is 12.1 Å². The Labute approximate surface area is 122 Å². The van der Waals surface area contributed by atoms with E-state index in [1.165, 1.54) is 17.3 Å². The maximum absolute atomic E-state index is 12.2. The van der Waals surface area contributed by atoms with E-state index in [-0.39, 0.29) is 5.91 Å². The smallest absolute Gasteiger partial charge is 0.274 e. The molecule has 0 aliphatic carbocycles. The van der Waals surface area contributed by atoms with Gasteiger partial charge in [-0.2, -0.15) is 5.26 Å². The molecule has 0 unspecified atom stereocenters. The average Bonchev–Trinajstić information content (AvgIpc) is 2.55. The zero-order chi connectivity index (χ0) is 14.7. The molecular formula is C16H14N4O. The van der Waals surface area contributed by atoms with Crippen molar-refractivity contribution in [3.05, 3.63) is 58.9 Å². The van der Waals surface area contributed by atoms with E-state index < -0.39 is 0 Å². The fourth-order valence-electron chi connectivity index (χ4n) is 2.43. The van der Waals surface area contributed by atoms with Crippen molar-refractivity contribution in [3.63, 3.8) is 0 Å². The van der Waals surface area contributed by atoms with Crippen LogP contribution in [-0.2, 0) is 13.0 Å². The predicted molar refractivity (Wildman–Crippen MR) is 78.8 cm³/mol. The van der Waals surface area contributed by atoms with Crippen LogP contribution < -0.4 is 10.6 Å². The van der Waals surface area contributed by atoms with Gasteiger partial charge in [-0.05, 0) is 42.3 Å². The fraction of sp³-hybridized carbons (Fsp3) is 0.188. The maximum Gasteiger partial charge on any atom is 0.274 e. The Balaban J connectivity index is 1.83. The van der Waals surface area contributed by atoms with Crippen LogP contribution in [0, 0.1) is 11.3 Å². The van der Waals surface area contributed by atoms with Crippen LogP contribution in [0.1, 0.15) is 27.2 Å². The van der Waals surface area contributed by atoms with Crippen molar-refractivity contribution in [2.24, 2.45) is 0 Å². The third-order valence-corrected chi connectivity index (χ3v) is 3.51. The number of nitrogens with zero attached hydrogens (tertiary/aromatic N) is 2. The van der Waals surface area contributed by atoms with Crippen molar-refractivity contribution in [3.8, 4) is 6.07 Å². The highest BCUT2D eigenvalue weighted by molar-refractivity contribution is 6.03. The minimum Gasteiger partial charge on any atom is -0.320 e. The Morgan fingerprint density at radius 2 is 2.24 bits per heavy atom. The Hall–Kier alpha value is -2.71. The molecule has 2 aromatic rings. The van der Waals surface area contributed by atoms with Gasteiger partial charge in [-0.3, -0.25) is 4.79 Å². The average molecular weight is 278 g/mol. The number of benzene rings is 1. The lowest BCUT2D eigenvalue weighted by molar-refractivity contribution is 0.102. The largest absolute Gasteiger partial charge is 0.320 e. The fourth-order valence-corrected chi connectivity index (χ4v) is 2.43. The molecule has 2 heterocycles. The first-order valence-corrected chi connectivity index (χ1v) is 6.77. The molecule has 1 aliphatic heterocycles. The summed E-state index contributed by atoms with van der Waals surface area (Å²) in [4.78, 5) is 16.2. The molecule has 21 heavy (non-hydrogen) atoms. The Morgan fingerprint density at radius 1 is 1.33 bits per heavy atom. The van der Waals surface area contributed by atoms with Crippen molar-refractivity contribution in [1.82, 2.24) is 10.3 Å². The van der Waals surface area contributed by atoms with Crippen molar-refractivity contribution in [2.45, 2.75) is 13.0 Å². The summed E-state index contributed by atoms with van der Waals surface area (Å²) in [6.07, 6.45) is 2.30. The van der Waals surface area contributed by atoms with Crippen LogP contribution in [0.5, 0.6) is 0 Å². The highest BCUT2D eigenvalue weighted by Gasteiger charge is 2.15. The van der Waals surface area contributed by atoms with Crippen molar-refractivity contribution >= 4 is 11.6 Å². The van der Waals surface area contributed by atoms with E-state index in [1.807, 2.05) is 18.2 Å². The molecule has 0 bridgehead atoms. The first kappa shape index (κ1) is 13.3. The van der Waals surface area contributed by atoms with Crippen LogP contribution >= 0.6 is 0 Å². The van der Waals surface area contributed by atoms with E-state index in [9.17, 15) is 4.79 Å². The summed E-state index contributed by atoms with van der Waals surface area (Å²) in [6.45, 7) is 1.74. The van der Waals surface area contributed by atoms with Gasteiger partial charge in [0.2, 0.25) is 0 Å². The molecule has 0 radical (unpaired) electrons. The number of carbonyl (C=O) groups excluding carboxylic acids is 1. The molecule has 1 aliphatic rings. The molecule has 3 rings (SSSR count). The summed E-state index contributed by atoms with van der Waals surface area (Å²) in [5.41, 5.74) is 3.98. The quantitative estimate of drug-likeness (QED) is 0.878. The van der Waals surface area contributed by atoms with Crippen LogP contribution in [0.15, 0.2) is 36.5 Å². The number of carbonyl (C=O) groups is 1. The molecular weight excluding hydrogens is 264 g/mol. The monoisotopic (exact) mass is 278 g/mol. The molecule has 1 amide bonds. The van der Waals surface area contributed by atoms with Gasteiger partial charge in [0, 0.05) is 18.4 Å². The standard InChI is InChI=1S/C16H14N4O/c17-8-11-4-5-15(19-9-11)16(21)20-14-3-1-2-12-10-18-7-6-13(12)14/h1-5,9,18H,6-7,10H2,(H,20,21). The minimum atomic E-state index is -0.258. The van der Waals surface area contributed by atoms with Crippen LogP contribution in [0.2, 0.25) is 0 Å². The molecule has 0 saturated carbocycles. The molecule has 0 atom stereocenters. The normalized spacial score (nSPS) is 13.1. The summed E-state index contributed by atoms with van der Waals surface area (Å²) in [7, 11) is 0. The number of nitriles is 1. The molecule has 1 aromatic carbocycles. The van der Waals surface area contributed by atoms with E-state index in [0.29, 0.717) is 11.3 Å². The predicted octanol–water partition coefficient (Wildman–Crippen LogP) is 1.85. The summed E-state index contributed by atoms with van der Waals surface area (Å²) < 4.78 is 0. The third kappa shape index (κ3) is 2.76. The topological polar surface area (TPSA) is 77.8 Å². The van der Waals surface area contributed by atoms with Gasteiger partial charge in [-0.15, -0.1) is 0 Å². The summed E-state index contributed by atoms with van der Waals surface area (Å²) in [5.74, 6) is -0.258. The Morgan fingerprint density at radius 3 is 3.00 bits per heavy atom. The van der Waals surface area contributed by atoms with Gasteiger partial charge in [0.1, 0.15) is 11.8 Å². The molecule has 104 valence electrons. The molecule has 0 saturated heterocycles. The number of hydrogen-bond donors (Lipinski definition) is 2. The van der Waals surface area contributed by atoms with E-state index in [0.717, 1.165) is 25.2 Å². The van der Waals surface area contributed by atoms with Gasteiger partial charge < -0.3 is 10.6 Å². The van der Waals surface area contributed by atoms with Crippen molar-refractivity contribution in [2.75, 3.05) is 11.9 Å². The first-order valence-electron chi connectivity index (χ1n) is 6.77. The highest BCUT2D eigenvalue weighted by Crippen LogP contribution is 2.23. The lowest BCUT2D eigenvalue weighted by Crippen LogP contribution is -2.25. The number of rotatable bonds is 2. The van der Waals surface area contributed by atoms with Crippen LogP contribution in [-0.4, -0.2) is 17.4 Å². The van der Waals surface area contributed by atoms with Gasteiger partial charge in [0.15, 0.2) is 0 Å². The second-order valence-corrected chi connectivity index (χ2v) is 4.87. The third-order valence-electron chi connectivity index (χ3n) is 3.51. The number of hydrogen-bond acceptors (Lipinski definition) is 4. The first-order chi connectivity index (χ1) is 10.3. The zero-order valence-electron chi connectivity index (χ0n) is 11.4. The Bertz CT molecular complexity index is 716. The summed E-state index contributed by atoms with van der Waals surface area (Å²) >= 11 is 0. The van der Waals surface area contributed by atoms with Gasteiger partial charge in [0.25, 0.3) is 5.91 Å². The molecule has 1 aromatic heterocycles. The number of pyridine rings is 1. The van der Waals surface area contributed by atoms with Crippen LogP contribution in [0.4, 0.5) is 5.69 Å². The van der Waals surface area contributed by atoms with E-state index in [4.69, 9.17) is 5.26 Å². The number of nitrogens with one attached hydrogen (secondary N) is 2. The number of fused-ring (bicyclic) bond motifs is 1. The number of aromatic nitrogens is 1. The van der Waals surface area contributed by atoms with E-state index >= 15 is 0 Å². The van der Waals surface area contributed by atoms with Crippen molar-refractivity contribution in [1.29, 1.82) is 5.26 Å². The van der Waals surface area contributed by atoms with Crippen LogP contribution in [0.3, 0.4) is 0 Å². The van der Waals surface area contributed by atoms with Gasteiger partial charge in [-0.1, -0.05) is 12.1 Å². The second-order valence-electron chi connectivity index (χ2n) is 4.87. The lowest BCUT2D eigenvalue weighted by atomic mass is 9.99. The zero-order valence-corrected chi connectivity index (χ0v) is 11.4. The second kappa shape index (κ2) is 5.73. The maximum atomic E-state index is 12.2. The van der Waals surface area contributed by atoms with Crippen LogP contribution in [0.25, 0.3) is 0 Å². The number of anilines is 1. The Kier molecular flexibility index (Phi) is 3.63. The molecule has 2 N–H and O–H groups in total. The number of amides is 1. The minimum absolute atomic E-state index is 0.258. The van der Waals surface area contributed by atoms with Gasteiger partial charge >= 0.3 is 0 Å². The summed E-state index contributed by atoms with van der Waals surface area (Å²) in [6, 6.07) is 11.0. The van der Waals surface area contributed by atoms with Crippen molar-refractivity contribution < 1.29 is 4.79 Å². The van der Waals surface area contributed by atoms with Gasteiger partial charge in [-0.25, -0.2) is 4.98 Å². The highest BCUT2D eigenvalue weighted by atomic mass is 16.1. The molecule has 5 nitrogen and oxygen atoms in total. The van der Waals surface area contributed by atoms with Gasteiger partial charge in [0.05, 0.1) is 5.56 Å². The summed E-state index contributed by atoms with van der Waals surface area (Å²) in [5, 5.41) is 15.0. The molecule has 0 spiro atoms.